The van der Waals surface area contributed by atoms with Gasteiger partial charge in [-0.2, -0.15) is 0 Å². The van der Waals surface area contributed by atoms with E-state index in [1.807, 2.05) is 0 Å². The Hall–Kier alpha value is -1.09. The van der Waals surface area contributed by atoms with Crippen LogP contribution in [0.1, 0.15) is 56.9 Å². The molecule has 3 heteroatoms. The fraction of sp³-hybridized carbons (Fsp3) is 0.647. The molecule has 1 aliphatic rings. The van der Waals surface area contributed by atoms with E-state index in [1.165, 1.54) is 31.7 Å². The van der Waals surface area contributed by atoms with Crippen LogP contribution in [0.15, 0.2) is 18.2 Å². The first-order chi connectivity index (χ1) is 9.76. The maximum absolute atomic E-state index is 13.6. The van der Waals surface area contributed by atoms with E-state index >= 15 is 0 Å². The van der Waals surface area contributed by atoms with Gasteiger partial charge in [-0.1, -0.05) is 26.2 Å². The molecule has 1 saturated carbocycles. The smallest absolute Gasteiger partial charge is 0.123 e. The van der Waals surface area contributed by atoms with Gasteiger partial charge in [-0.15, -0.1) is 0 Å². The van der Waals surface area contributed by atoms with E-state index in [-0.39, 0.29) is 5.82 Å². The molecule has 0 saturated heterocycles. The minimum atomic E-state index is -0.167. The molecular formula is C17H26FNO. The quantitative estimate of drug-likeness (QED) is 0.814. The van der Waals surface area contributed by atoms with E-state index in [2.05, 4.69) is 12.2 Å². The predicted octanol–water partition coefficient (Wildman–Crippen LogP) is 4.25. The number of benzene rings is 1. The summed E-state index contributed by atoms with van der Waals surface area (Å²) in [5, 5.41) is 3.65. The number of hydrogen-bond donors (Lipinski definition) is 1. The van der Waals surface area contributed by atoms with Crippen molar-refractivity contribution >= 4 is 0 Å². The molecular weight excluding hydrogens is 253 g/mol. The lowest BCUT2D eigenvalue weighted by molar-refractivity contribution is 0.374. The minimum Gasteiger partial charge on any atom is -0.496 e. The first-order valence-electron chi connectivity index (χ1n) is 7.83. The van der Waals surface area contributed by atoms with Crippen LogP contribution in [0.4, 0.5) is 4.39 Å². The zero-order chi connectivity index (χ0) is 14.4. The zero-order valence-electron chi connectivity index (χ0n) is 12.6. The van der Waals surface area contributed by atoms with Gasteiger partial charge in [-0.05, 0) is 44.0 Å². The molecule has 0 spiro atoms. The van der Waals surface area contributed by atoms with E-state index in [1.54, 1.807) is 19.2 Å². The summed E-state index contributed by atoms with van der Waals surface area (Å²) in [4.78, 5) is 0. The summed E-state index contributed by atoms with van der Waals surface area (Å²) < 4.78 is 19.1. The van der Waals surface area contributed by atoms with Crippen molar-refractivity contribution in [2.24, 2.45) is 0 Å². The lowest BCUT2D eigenvalue weighted by Crippen LogP contribution is -2.35. The SMILES string of the molecule is CCCNC1CCCCCC1c1cc(F)ccc1OC. The summed E-state index contributed by atoms with van der Waals surface area (Å²) in [6, 6.07) is 5.34. The second-order valence-corrected chi connectivity index (χ2v) is 5.69. The number of ether oxygens (including phenoxy) is 1. The molecule has 0 aliphatic heterocycles. The number of methoxy groups -OCH3 is 1. The standard InChI is InChI=1S/C17H26FNO/c1-3-11-19-16-8-6-4-5-7-14(16)15-12-13(18)9-10-17(15)20-2/h9-10,12,14,16,19H,3-8,11H2,1-2H3. The Labute approximate surface area is 121 Å². The molecule has 1 fully saturated rings. The summed E-state index contributed by atoms with van der Waals surface area (Å²) in [6.07, 6.45) is 7.16. The Kier molecular flexibility index (Phi) is 5.84. The van der Waals surface area contributed by atoms with Crippen molar-refractivity contribution in [2.45, 2.75) is 57.4 Å². The normalized spacial score (nSPS) is 23.4. The molecule has 2 rings (SSSR count). The van der Waals surface area contributed by atoms with Crippen molar-refractivity contribution < 1.29 is 9.13 Å². The van der Waals surface area contributed by atoms with Crippen LogP contribution in [0.3, 0.4) is 0 Å². The molecule has 1 aliphatic carbocycles. The van der Waals surface area contributed by atoms with E-state index in [9.17, 15) is 4.39 Å². The summed E-state index contributed by atoms with van der Waals surface area (Å²) >= 11 is 0. The van der Waals surface area contributed by atoms with Crippen LogP contribution >= 0.6 is 0 Å². The number of halogens is 1. The highest BCUT2D eigenvalue weighted by Crippen LogP contribution is 2.37. The molecule has 0 heterocycles. The van der Waals surface area contributed by atoms with E-state index in [4.69, 9.17) is 4.74 Å². The molecule has 2 unspecified atom stereocenters. The molecule has 20 heavy (non-hydrogen) atoms. The Morgan fingerprint density at radius 2 is 2.05 bits per heavy atom. The second-order valence-electron chi connectivity index (χ2n) is 5.69. The summed E-state index contributed by atoms with van der Waals surface area (Å²) in [5.74, 6) is 1.01. The van der Waals surface area contributed by atoms with Gasteiger partial charge in [0.15, 0.2) is 0 Å². The van der Waals surface area contributed by atoms with Crippen LogP contribution in [-0.2, 0) is 0 Å². The van der Waals surface area contributed by atoms with Crippen molar-refractivity contribution in [2.75, 3.05) is 13.7 Å². The van der Waals surface area contributed by atoms with Crippen molar-refractivity contribution in [1.29, 1.82) is 0 Å². The van der Waals surface area contributed by atoms with Gasteiger partial charge in [-0.25, -0.2) is 4.39 Å². The monoisotopic (exact) mass is 279 g/mol. The predicted molar refractivity (Wildman–Crippen MR) is 80.9 cm³/mol. The molecule has 0 bridgehead atoms. The first-order valence-corrected chi connectivity index (χ1v) is 7.83. The highest BCUT2D eigenvalue weighted by atomic mass is 19.1. The summed E-state index contributed by atoms with van der Waals surface area (Å²) in [7, 11) is 1.67. The van der Waals surface area contributed by atoms with Crippen LogP contribution in [-0.4, -0.2) is 19.7 Å². The Morgan fingerprint density at radius 1 is 1.25 bits per heavy atom. The largest absolute Gasteiger partial charge is 0.496 e. The third kappa shape index (κ3) is 3.72. The van der Waals surface area contributed by atoms with Crippen molar-refractivity contribution in [3.05, 3.63) is 29.6 Å². The highest BCUT2D eigenvalue weighted by molar-refractivity contribution is 5.38. The Bertz CT molecular complexity index is 421. The van der Waals surface area contributed by atoms with Gasteiger partial charge in [0.05, 0.1) is 7.11 Å². The molecule has 1 aromatic carbocycles. The molecule has 2 nitrogen and oxygen atoms in total. The fourth-order valence-corrected chi connectivity index (χ4v) is 3.25. The molecule has 1 aromatic rings. The number of nitrogens with one attached hydrogen (secondary N) is 1. The number of hydrogen-bond acceptors (Lipinski definition) is 2. The van der Waals surface area contributed by atoms with E-state index in [0.29, 0.717) is 12.0 Å². The highest BCUT2D eigenvalue weighted by Gasteiger charge is 2.27. The summed E-state index contributed by atoms with van der Waals surface area (Å²) in [5.41, 5.74) is 1.03. The van der Waals surface area contributed by atoms with Gasteiger partial charge in [0.25, 0.3) is 0 Å². The van der Waals surface area contributed by atoms with Gasteiger partial charge in [0, 0.05) is 17.5 Å². The van der Waals surface area contributed by atoms with Crippen LogP contribution in [0.5, 0.6) is 5.75 Å². The van der Waals surface area contributed by atoms with Gasteiger partial charge < -0.3 is 10.1 Å². The van der Waals surface area contributed by atoms with Gasteiger partial charge >= 0.3 is 0 Å². The van der Waals surface area contributed by atoms with E-state index in [0.717, 1.165) is 30.7 Å². The maximum Gasteiger partial charge on any atom is 0.123 e. The zero-order valence-corrected chi connectivity index (χ0v) is 12.6. The van der Waals surface area contributed by atoms with Crippen molar-refractivity contribution in [3.63, 3.8) is 0 Å². The fourth-order valence-electron chi connectivity index (χ4n) is 3.25. The molecule has 0 aromatic heterocycles. The van der Waals surface area contributed by atoms with Crippen molar-refractivity contribution in [3.8, 4) is 5.75 Å². The van der Waals surface area contributed by atoms with E-state index < -0.39 is 0 Å². The minimum absolute atomic E-state index is 0.167. The van der Waals surface area contributed by atoms with Crippen LogP contribution < -0.4 is 10.1 Å². The third-order valence-electron chi connectivity index (χ3n) is 4.26. The average molecular weight is 279 g/mol. The van der Waals surface area contributed by atoms with Crippen LogP contribution in [0.25, 0.3) is 0 Å². The summed E-state index contributed by atoms with van der Waals surface area (Å²) in [6.45, 7) is 3.21. The topological polar surface area (TPSA) is 21.3 Å². The maximum atomic E-state index is 13.6. The molecule has 2 atom stereocenters. The molecule has 1 N–H and O–H groups in total. The molecule has 112 valence electrons. The third-order valence-corrected chi connectivity index (χ3v) is 4.26. The lowest BCUT2D eigenvalue weighted by atomic mass is 9.86. The Morgan fingerprint density at radius 3 is 2.80 bits per heavy atom. The number of rotatable bonds is 5. The second kappa shape index (κ2) is 7.63. The lowest BCUT2D eigenvalue weighted by Gasteiger charge is -2.28. The van der Waals surface area contributed by atoms with Gasteiger partial charge in [0.2, 0.25) is 0 Å². The molecule has 0 radical (unpaired) electrons. The Balaban J connectivity index is 2.27. The average Bonchev–Trinajstić information content (AvgIpc) is 2.70. The van der Waals surface area contributed by atoms with Gasteiger partial charge in [0.1, 0.15) is 11.6 Å². The van der Waals surface area contributed by atoms with Gasteiger partial charge in [-0.3, -0.25) is 0 Å². The van der Waals surface area contributed by atoms with Crippen molar-refractivity contribution in [1.82, 2.24) is 5.32 Å². The molecule has 0 amide bonds. The van der Waals surface area contributed by atoms with Crippen LogP contribution in [0.2, 0.25) is 0 Å². The van der Waals surface area contributed by atoms with Crippen LogP contribution in [0, 0.1) is 5.82 Å². The first kappa shape index (κ1) is 15.3.